The Morgan fingerprint density at radius 3 is 2.32 bits per heavy atom. The van der Waals surface area contributed by atoms with Crippen molar-refractivity contribution in [1.82, 2.24) is 39.8 Å². The molecule has 3 heterocycles. The lowest BCUT2D eigenvalue weighted by Crippen LogP contribution is -2.24. The van der Waals surface area contributed by atoms with E-state index in [0.717, 1.165) is 0 Å². The second-order valence-electron chi connectivity index (χ2n) is 4.86. The summed E-state index contributed by atoms with van der Waals surface area (Å²) in [7, 11) is 1.59. The van der Waals surface area contributed by atoms with Gasteiger partial charge >= 0.3 is 0 Å². The number of carbonyl (C=O) groups excluding carboxylic acids is 1. The summed E-state index contributed by atoms with van der Waals surface area (Å²) in [5.41, 5.74) is 0.996. The largest absolute Gasteiger partial charge is 0.324 e. The number of amides is 1. The van der Waals surface area contributed by atoms with E-state index in [2.05, 4.69) is 40.7 Å². The van der Waals surface area contributed by atoms with Crippen molar-refractivity contribution in [2.24, 2.45) is 0 Å². The van der Waals surface area contributed by atoms with Crippen molar-refractivity contribution in [1.29, 1.82) is 0 Å². The van der Waals surface area contributed by atoms with E-state index in [-0.39, 0.29) is 24.1 Å². The predicted molar refractivity (Wildman–Crippen MR) is 89.0 cm³/mol. The Kier molecular flexibility index (Phi) is 5.11. The average molecular weight is 358 g/mol. The fourth-order valence-electron chi connectivity index (χ4n) is 1.83. The van der Waals surface area contributed by atoms with Crippen LogP contribution in [-0.4, -0.2) is 59.3 Å². The molecule has 3 aromatic rings. The zero-order chi connectivity index (χ0) is 17.6. The molecule has 3 aromatic heterocycles. The van der Waals surface area contributed by atoms with E-state index < -0.39 is 0 Å². The number of nitrogens with zero attached hydrogens (tertiary/aromatic N) is 8. The van der Waals surface area contributed by atoms with E-state index >= 15 is 0 Å². The van der Waals surface area contributed by atoms with Gasteiger partial charge in [-0.3, -0.25) is 9.78 Å². The Balaban J connectivity index is 1.71. The first-order valence-corrected chi connectivity index (χ1v) is 7.43. The highest BCUT2D eigenvalue weighted by molar-refractivity contribution is 6.14. The summed E-state index contributed by atoms with van der Waals surface area (Å²) in [5, 5.41) is 18.5. The molecule has 0 aliphatic rings. The van der Waals surface area contributed by atoms with Gasteiger partial charge in [-0.1, -0.05) is 0 Å². The Morgan fingerprint density at radius 2 is 1.72 bits per heavy atom. The van der Waals surface area contributed by atoms with Crippen LogP contribution < -0.4 is 5.32 Å². The summed E-state index contributed by atoms with van der Waals surface area (Å²) < 4.78 is 1.25. The van der Waals surface area contributed by atoms with E-state index in [1.54, 1.807) is 37.6 Å². The summed E-state index contributed by atoms with van der Waals surface area (Å²) in [6.07, 6.45) is 4.64. The van der Waals surface area contributed by atoms with Crippen LogP contribution in [-0.2, 0) is 4.79 Å². The maximum atomic E-state index is 11.6. The van der Waals surface area contributed by atoms with Gasteiger partial charge in [0.1, 0.15) is 5.69 Å². The van der Waals surface area contributed by atoms with Crippen LogP contribution in [0.15, 0.2) is 36.8 Å². The first kappa shape index (κ1) is 16.7. The van der Waals surface area contributed by atoms with Crippen molar-refractivity contribution in [2.45, 2.75) is 0 Å². The lowest BCUT2D eigenvalue weighted by atomic mass is 10.3. The number of halogens is 1. The topological polar surface area (TPSA) is 123 Å². The van der Waals surface area contributed by atoms with Gasteiger partial charge in [-0.2, -0.15) is 0 Å². The number of hydrogen-bond donors (Lipinski definition) is 1. The molecule has 0 saturated heterocycles. The van der Waals surface area contributed by atoms with Gasteiger partial charge in [-0.05, 0) is 30.0 Å². The van der Waals surface area contributed by atoms with Gasteiger partial charge in [0.05, 0.1) is 18.4 Å². The highest BCUT2D eigenvalue weighted by atomic mass is 35.5. The molecule has 11 heteroatoms. The minimum absolute atomic E-state index is 0.0588. The molecule has 0 atom stereocenters. The zero-order valence-corrected chi connectivity index (χ0v) is 13.8. The van der Waals surface area contributed by atoms with E-state index in [1.165, 1.54) is 10.6 Å². The number of rotatable bonds is 5. The number of aromatic nitrogens is 7. The van der Waals surface area contributed by atoms with Gasteiger partial charge < -0.3 is 5.32 Å². The van der Waals surface area contributed by atoms with Crippen molar-refractivity contribution in [3.05, 3.63) is 36.8 Å². The molecule has 1 amide bonds. The van der Waals surface area contributed by atoms with E-state index in [9.17, 15) is 4.79 Å². The van der Waals surface area contributed by atoms with E-state index in [4.69, 9.17) is 11.8 Å². The number of hydrogen-bond acceptors (Lipinski definition) is 9. The zero-order valence-electron chi connectivity index (χ0n) is 13.0. The van der Waals surface area contributed by atoms with E-state index in [0.29, 0.717) is 17.2 Å². The highest BCUT2D eigenvalue weighted by Gasteiger charge is 2.10. The van der Waals surface area contributed by atoms with Gasteiger partial charge in [-0.15, -0.1) is 20.4 Å². The molecule has 3 rings (SSSR count). The maximum absolute atomic E-state index is 11.6. The number of nitrogens with one attached hydrogen (secondary N) is 1. The molecule has 0 aliphatic heterocycles. The smallest absolute Gasteiger partial charge is 0.240 e. The van der Waals surface area contributed by atoms with Crippen molar-refractivity contribution in [2.75, 3.05) is 18.9 Å². The van der Waals surface area contributed by atoms with Crippen LogP contribution in [0.5, 0.6) is 0 Å². The van der Waals surface area contributed by atoms with Gasteiger partial charge in [0, 0.05) is 19.4 Å². The summed E-state index contributed by atoms with van der Waals surface area (Å²) in [6, 6.07) is 5.01. The van der Waals surface area contributed by atoms with Crippen molar-refractivity contribution in [3.63, 3.8) is 0 Å². The molecule has 0 unspecified atom stereocenters. The maximum Gasteiger partial charge on any atom is 0.240 e. The third-order valence-electron chi connectivity index (χ3n) is 2.88. The molecule has 10 nitrogen and oxygen atoms in total. The van der Waals surface area contributed by atoms with Crippen molar-refractivity contribution >= 4 is 23.4 Å². The highest BCUT2D eigenvalue weighted by Crippen LogP contribution is 2.14. The Labute approximate surface area is 147 Å². The van der Waals surface area contributed by atoms with Crippen LogP contribution in [0.1, 0.15) is 0 Å². The van der Waals surface area contributed by atoms with Crippen LogP contribution in [0.3, 0.4) is 0 Å². The number of likely N-dealkylation sites (N-methyl/N-ethyl adjacent to an activating group) is 1. The molecule has 0 bridgehead atoms. The predicted octanol–water partition coefficient (Wildman–Crippen LogP) is 0.810. The van der Waals surface area contributed by atoms with Crippen LogP contribution >= 0.6 is 11.8 Å². The lowest BCUT2D eigenvalue weighted by Gasteiger charge is -2.08. The molecule has 25 heavy (non-hydrogen) atoms. The molecule has 0 aromatic carbocycles. The third kappa shape index (κ3) is 4.46. The molecule has 0 fully saturated rings. The molecule has 0 saturated carbocycles. The second kappa shape index (κ2) is 7.64. The van der Waals surface area contributed by atoms with E-state index in [1.807, 2.05) is 0 Å². The molecule has 0 radical (unpaired) electrons. The summed E-state index contributed by atoms with van der Waals surface area (Å²) in [5.74, 6) is 0.555. The minimum atomic E-state index is -0.251. The quantitative estimate of drug-likeness (QED) is 0.660. The minimum Gasteiger partial charge on any atom is -0.324 e. The first-order chi connectivity index (χ1) is 12.1. The Morgan fingerprint density at radius 1 is 1.04 bits per heavy atom. The lowest BCUT2D eigenvalue weighted by molar-refractivity contribution is -0.116. The SMILES string of the molecule is CN(Cl)CC(=O)Nc1ccc(-c2nnc(-c3ncccn3)nn2)nc1. The van der Waals surface area contributed by atoms with Gasteiger partial charge in [-0.25, -0.2) is 14.4 Å². The molecular weight excluding hydrogens is 346 g/mol. The van der Waals surface area contributed by atoms with Crippen LogP contribution in [0.2, 0.25) is 0 Å². The number of pyridine rings is 1. The fraction of sp³-hybridized carbons (Fsp3) is 0.143. The third-order valence-corrected chi connectivity index (χ3v) is 3.00. The molecule has 126 valence electrons. The molecule has 0 spiro atoms. The standard InChI is InChI=1S/C14H12ClN9O/c1-24(15)8-11(25)19-9-3-4-10(18-7-9)12-20-22-14(23-21-12)13-16-5-2-6-17-13/h2-7H,8H2,1H3,(H,19,25). The van der Waals surface area contributed by atoms with Gasteiger partial charge in [0.15, 0.2) is 0 Å². The van der Waals surface area contributed by atoms with Crippen LogP contribution in [0.4, 0.5) is 5.69 Å². The second-order valence-corrected chi connectivity index (χ2v) is 5.44. The number of carbonyl (C=O) groups is 1. The van der Waals surface area contributed by atoms with Crippen LogP contribution in [0.25, 0.3) is 23.2 Å². The molecule has 1 N–H and O–H groups in total. The fourth-order valence-corrected chi connectivity index (χ4v) is 1.94. The average Bonchev–Trinajstić information content (AvgIpc) is 2.62. The molecular formula is C14H12ClN9O. The van der Waals surface area contributed by atoms with Gasteiger partial charge in [0.2, 0.25) is 23.4 Å². The summed E-state index contributed by atoms with van der Waals surface area (Å²) in [6.45, 7) is 0.0588. The molecule has 0 aliphatic carbocycles. The van der Waals surface area contributed by atoms with Crippen LogP contribution in [0, 0.1) is 0 Å². The monoisotopic (exact) mass is 357 g/mol. The van der Waals surface area contributed by atoms with Gasteiger partial charge in [0.25, 0.3) is 0 Å². The number of anilines is 1. The normalized spacial score (nSPS) is 10.7. The Bertz CT molecular complexity index is 840. The first-order valence-electron chi connectivity index (χ1n) is 7.10. The Hall–Kier alpha value is -3.11. The summed E-state index contributed by atoms with van der Waals surface area (Å²) >= 11 is 5.62. The van der Waals surface area contributed by atoms with Crippen molar-refractivity contribution < 1.29 is 4.79 Å². The van der Waals surface area contributed by atoms with Crippen molar-refractivity contribution in [3.8, 4) is 23.2 Å². The summed E-state index contributed by atoms with van der Waals surface area (Å²) in [4.78, 5) is 23.9.